The highest BCUT2D eigenvalue weighted by Crippen LogP contribution is 2.29. The zero-order valence-corrected chi connectivity index (χ0v) is 18.2. The maximum absolute atomic E-state index is 13.5. The van der Waals surface area contributed by atoms with Crippen LogP contribution >= 0.6 is 11.8 Å². The molecule has 1 saturated heterocycles. The third kappa shape index (κ3) is 4.36. The Balaban J connectivity index is 1.37. The first-order valence-corrected chi connectivity index (χ1v) is 11.0. The second-order valence-corrected chi connectivity index (χ2v) is 8.74. The van der Waals surface area contributed by atoms with E-state index in [0.29, 0.717) is 16.6 Å². The molecule has 1 fully saturated rings. The van der Waals surface area contributed by atoms with E-state index in [1.54, 1.807) is 12.1 Å². The number of halogens is 1. The van der Waals surface area contributed by atoms with Crippen molar-refractivity contribution in [2.75, 3.05) is 0 Å². The first kappa shape index (κ1) is 20.3. The second-order valence-electron chi connectivity index (χ2n) is 7.71. The van der Waals surface area contributed by atoms with Gasteiger partial charge >= 0.3 is 0 Å². The van der Waals surface area contributed by atoms with Crippen molar-refractivity contribution in [3.05, 3.63) is 106 Å². The van der Waals surface area contributed by atoms with Gasteiger partial charge in [-0.15, -0.1) is 0 Å². The van der Waals surface area contributed by atoms with E-state index in [1.165, 1.54) is 17.8 Å². The number of hydrogen-bond donors (Lipinski definition) is 1. The Hall–Kier alpha value is -3.64. The van der Waals surface area contributed by atoms with Crippen LogP contribution in [-0.2, 0) is 11.3 Å². The van der Waals surface area contributed by atoms with Crippen LogP contribution in [0, 0.1) is 12.7 Å². The van der Waals surface area contributed by atoms with Gasteiger partial charge in [0.05, 0.1) is 10.6 Å². The molecule has 0 unspecified atom stereocenters. The Morgan fingerprint density at radius 1 is 1.06 bits per heavy atom. The molecule has 1 aromatic heterocycles. The average Bonchev–Trinajstić information content (AvgIpc) is 3.31. The maximum Gasteiger partial charge on any atom is 0.264 e. The Kier molecular flexibility index (Phi) is 5.37. The van der Waals surface area contributed by atoms with E-state index in [9.17, 15) is 9.18 Å². The van der Waals surface area contributed by atoms with Crippen LogP contribution in [0.25, 0.3) is 17.0 Å². The Bertz CT molecular complexity index is 1400. The number of nitrogens with one attached hydrogen (secondary N) is 1. The monoisotopic (exact) mass is 441 g/mol. The molecule has 4 nitrogen and oxygen atoms in total. The number of thioether (sulfide) groups is 1. The minimum atomic E-state index is -0.231. The van der Waals surface area contributed by atoms with Gasteiger partial charge < -0.3 is 9.88 Å². The Labute approximate surface area is 189 Å². The van der Waals surface area contributed by atoms with E-state index >= 15 is 0 Å². The fourth-order valence-corrected chi connectivity index (χ4v) is 4.57. The van der Waals surface area contributed by atoms with Crippen LogP contribution in [0.4, 0.5) is 10.1 Å². The van der Waals surface area contributed by atoms with Crippen molar-refractivity contribution in [2.24, 2.45) is 4.99 Å². The summed E-state index contributed by atoms with van der Waals surface area (Å²) in [7, 11) is 0. The summed E-state index contributed by atoms with van der Waals surface area (Å²) in [5, 5.41) is 4.48. The molecule has 1 aliphatic heterocycles. The molecule has 32 heavy (non-hydrogen) atoms. The largest absolute Gasteiger partial charge is 0.343 e. The number of carbonyl (C=O) groups is 1. The summed E-state index contributed by atoms with van der Waals surface area (Å²) in [6, 6.07) is 22.6. The van der Waals surface area contributed by atoms with Crippen molar-refractivity contribution >= 4 is 45.5 Å². The van der Waals surface area contributed by atoms with Gasteiger partial charge in [0.25, 0.3) is 5.91 Å². The van der Waals surface area contributed by atoms with Gasteiger partial charge in [-0.25, -0.2) is 9.38 Å². The van der Waals surface area contributed by atoms with Gasteiger partial charge in [-0.05, 0) is 83.9 Å². The molecule has 0 atom stereocenters. The van der Waals surface area contributed by atoms with Crippen LogP contribution in [0.1, 0.15) is 16.7 Å². The molecule has 0 radical (unpaired) electrons. The van der Waals surface area contributed by atoms with Crippen LogP contribution < -0.4 is 5.32 Å². The van der Waals surface area contributed by atoms with E-state index in [2.05, 4.69) is 14.9 Å². The summed E-state index contributed by atoms with van der Waals surface area (Å²) in [6.45, 7) is 2.61. The summed E-state index contributed by atoms with van der Waals surface area (Å²) < 4.78 is 15.6. The number of benzene rings is 3. The van der Waals surface area contributed by atoms with Crippen molar-refractivity contribution in [1.29, 1.82) is 0 Å². The quantitative estimate of drug-likeness (QED) is 0.393. The number of rotatable bonds is 4. The third-order valence-electron chi connectivity index (χ3n) is 5.22. The molecule has 5 rings (SSSR count). The molecule has 0 saturated carbocycles. The van der Waals surface area contributed by atoms with Crippen LogP contribution in [0.3, 0.4) is 0 Å². The molecule has 6 heteroatoms. The lowest BCUT2D eigenvalue weighted by Gasteiger charge is -2.06. The number of aromatic nitrogens is 1. The molecule has 0 bridgehead atoms. The molecule has 2 heterocycles. The minimum Gasteiger partial charge on any atom is -0.343 e. The lowest BCUT2D eigenvalue weighted by Crippen LogP contribution is -2.19. The van der Waals surface area contributed by atoms with E-state index < -0.39 is 0 Å². The van der Waals surface area contributed by atoms with Gasteiger partial charge in [-0.3, -0.25) is 4.79 Å². The highest BCUT2D eigenvalue weighted by atomic mass is 32.2. The summed E-state index contributed by atoms with van der Waals surface area (Å²) >= 11 is 1.34. The van der Waals surface area contributed by atoms with Crippen molar-refractivity contribution in [2.45, 2.75) is 13.5 Å². The fourth-order valence-electron chi connectivity index (χ4n) is 3.72. The molecule has 3 aromatic carbocycles. The third-order valence-corrected chi connectivity index (χ3v) is 6.13. The zero-order valence-electron chi connectivity index (χ0n) is 17.4. The Morgan fingerprint density at radius 2 is 1.94 bits per heavy atom. The van der Waals surface area contributed by atoms with Gasteiger partial charge in [0.1, 0.15) is 5.82 Å². The molecule has 1 aliphatic rings. The van der Waals surface area contributed by atoms with Crippen LogP contribution in [0.2, 0.25) is 0 Å². The minimum absolute atomic E-state index is 0.148. The molecular formula is C26H20FN3OS. The number of aryl methyl sites for hydroxylation is 1. The van der Waals surface area contributed by atoms with E-state index in [-0.39, 0.29) is 11.7 Å². The summed E-state index contributed by atoms with van der Waals surface area (Å²) in [6.07, 6.45) is 3.87. The highest BCUT2D eigenvalue weighted by molar-refractivity contribution is 8.18. The molecule has 4 aromatic rings. The van der Waals surface area contributed by atoms with Gasteiger partial charge in [-0.1, -0.05) is 30.3 Å². The number of fused-ring (bicyclic) bond motifs is 1. The predicted octanol–water partition coefficient (Wildman–Crippen LogP) is 6.03. The van der Waals surface area contributed by atoms with Crippen molar-refractivity contribution in [3.8, 4) is 0 Å². The number of amidine groups is 1. The summed E-state index contributed by atoms with van der Waals surface area (Å²) in [5.74, 6) is -0.379. The molecule has 0 spiro atoms. The lowest BCUT2D eigenvalue weighted by molar-refractivity contribution is -0.115. The number of nitrogens with zero attached hydrogens (tertiary/aromatic N) is 2. The van der Waals surface area contributed by atoms with Crippen molar-refractivity contribution < 1.29 is 9.18 Å². The summed E-state index contributed by atoms with van der Waals surface area (Å²) in [5.41, 5.74) is 4.84. The van der Waals surface area contributed by atoms with Gasteiger partial charge in [0.15, 0.2) is 5.17 Å². The molecular weight excluding hydrogens is 421 g/mol. The number of amides is 1. The molecule has 1 N–H and O–H groups in total. The SMILES string of the molecule is Cc1cccc(N=C2NC(=O)/C(=C\c3ccc4c(ccn4Cc4cccc(F)c4)c3)S2)c1. The van der Waals surface area contributed by atoms with E-state index in [4.69, 9.17) is 0 Å². The van der Waals surface area contributed by atoms with Crippen molar-refractivity contribution in [3.63, 3.8) is 0 Å². The zero-order chi connectivity index (χ0) is 22.1. The average molecular weight is 442 g/mol. The normalized spacial score (nSPS) is 16.2. The second kappa shape index (κ2) is 8.48. The molecule has 158 valence electrons. The van der Waals surface area contributed by atoms with Crippen LogP contribution in [0.5, 0.6) is 0 Å². The number of aliphatic imine (C=N–C) groups is 1. The topological polar surface area (TPSA) is 46.4 Å². The fraction of sp³-hybridized carbons (Fsp3) is 0.0769. The van der Waals surface area contributed by atoms with Gasteiger partial charge in [-0.2, -0.15) is 0 Å². The van der Waals surface area contributed by atoms with E-state index in [1.807, 2.05) is 73.8 Å². The highest BCUT2D eigenvalue weighted by Gasteiger charge is 2.23. The molecule has 0 aliphatic carbocycles. The molecule has 1 amide bonds. The van der Waals surface area contributed by atoms with Crippen LogP contribution in [-0.4, -0.2) is 15.6 Å². The van der Waals surface area contributed by atoms with Crippen molar-refractivity contribution in [1.82, 2.24) is 9.88 Å². The number of hydrogen-bond acceptors (Lipinski definition) is 3. The first-order valence-electron chi connectivity index (χ1n) is 10.2. The lowest BCUT2D eigenvalue weighted by atomic mass is 10.1. The smallest absolute Gasteiger partial charge is 0.264 e. The maximum atomic E-state index is 13.5. The van der Waals surface area contributed by atoms with Gasteiger partial charge in [0, 0.05) is 23.6 Å². The summed E-state index contributed by atoms with van der Waals surface area (Å²) in [4.78, 5) is 17.6. The number of carbonyl (C=O) groups excluding carboxylic acids is 1. The standard InChI is InChI=1S/C26H20FN3OS/c1-17-4-2-7-22(12-17)28-26-29-25(31)24(32-26)15-18-8-9-23-20(13-18)10-11-30(23)16-19-5-3-6-21(27)14-19/h2-15H,16H2,1H3,(H,28,29,31)/b24-15+. The van der Waals surface area contributed by atoms with Crippen LogP contribution in [0.15, 0.2) is 88.9 Å². The predicted molar refractivity (Wildman–Crippen MR) is 129 cm³/mol. The Morgan fingerprint density at radius 3 is 2.78 bits per heavy atom. The van der Waals surface area contributed by atoms with Gasteiger partial charge in [0.2, 0.25) is 0 Å². The first-order chi connectivity index (χ1) is 15.5. The van der Waals surface area contributed by atoms with E-state index in [0.717, 1.165) is 33.3 Å².